The molecule has 0 atom stereocenters. The summed E-state index contributed by atoms with van der Waals surface area (Å²) in [6, 6.07) is 1.70. The number of carbonyl (C=O) groups is 1. The molecule has 126 valence electrons. The van der Waals surface area contributed by atoms with Crippen LogP contribution in [0.1, 0.15) is 41.8 Å². The number of aromatic nitrogens is 5. The summed E-state index contributed by atoms with van der Waals surface area (Å²) in [4.78, 5) is 21.1. The van der Waals surface area contributed by atoms with E-state index in [2.05, 4.69) is 51.7 Å². The molecule has 1 N–H and O–H groups in total. The highest BCUT2D eigenvalue weighted by Crippen LogP contribution is 2.25. The van der Waals surface area contributed by atoms with Crippen molar-refractivity contribution in [3.63, 3.8) is 0 Å². The van der Waals surface area contributed by atoms with Crippen molar-refractivity contribution in [2.45, 2.75) is 32.6 Å². The zero-order valence-electron chi connectivity index (χ0n) is 14.2. The van der Waals surface area contributed by atoms with E-state index in [4.69, 9.17) is 0 Å². The number of amides is 1. The molecule has 0 unspecified atom stereocenters. The summed E-state index contributed by atoms with van der Waals surface area (Å²) in [5.41, 5.74) is 2.82. The molecule has 0 bridgehead atoms. The van der Waals surface area contributed by atoms with Crippen LogP contribution in [-0.4, -0.2) is 37.4 Å². The zero-order chi connectivity index (χ0) is 17.3. The topological polar surface area (TPSA) is 85.6 Å². The second-order valence-corrected chi connectivity index (χ2v) is 7.54. The first kappa shape index (κ1) is 16.5. The van der Waals surface area contributed by atoms with Gasteiger partial charge in [0.1, 0.15) is 5.52 Å². The molecule has 8 heteroatoms. The van der Waals surface area contributed by atoms with E-state index in [-0.39, 0.29) is 11.3 Å². The molecule has 0 aliphatic rings. The van der Waals surface area contributed by atoms with Crippen LogP contribution in [0.25, 0.3) is 11.2 Å². The summed E-state index contributed by atoms with van der Waals surface area (Å²) in [6.45, 7) is 6.97. The standard InChI is InChI=1S/C16H20N6OS/c1-16(2,3)15-19-11(9-24-15)5-6-17-14(23)10-7-12-13(18-8-10)22(4)21-20-12/h7-9H,5-6H2,1-4H3,(H,17,23). The van der Waals surface area contributed by atoms with E-state index in [1.807, 2.05) is 0 Å². The molecule has 0 aliphatic heterocycles. The molecule has 7 nitrogen and oxygen atoms in total. The average molecular weight is 344 g/mol. The fourth-order valence-electron chi connectivity index (χ4n) is 2.22. The summed E-state index contributed by atoms with van der Waals surface area (Å²) < 4.78 is 1.58. The normalized spacial score (nSPS) is 11.8. The van der Waals surface area contributed by atoms with E-state index in [0.717, 1.165) is 10.7 Å². The maximum absolute atomic E-state index is 12.2. The molecule has 0 aromatic carbocycles. The maximum atomic E-state index is 12.2. The lowest BCUT2D eigenvalue weighted by atomic mass is 9.98. The van der Waals surface area contributed by atoms with Crippen LogP contribution in [0, 0.1) is 0 Å². The molecular formula is C16H20N6OS. The van der Waals surface area contributed by atoms with E-state index in [1.54, 1.807) is 35.3 Å². The van der Waals surface area contributed by atoms with E-state index >= 15 is 0 Å². The highest BCUT2D eigenvalue weighted by atomic mass is 32.1. The average Bonchev–Trinajstić information content (AvgIpc) is 3.14. The van der Waals surface area contributed by atoms with Gasteiger partial charge < -0.3 is 5.32 Å². The number of aryl methyl sites for hydroxylation is 1. The quantitative estimate of drug-likeness (QED) is 0.783. The molecule has 0 spiro atoms. The van der Waals surface area contributed by atoms with Gasteiger partial charge in [0.2, 0.25) is 0 Å². The van der Waals surface area contributed by atoms with Gasteiger partial charge >= 0.3 is 0 Å². The van der Waals surface area contributed by atoms with Crippen molar-refractivity contribution in [2.24, 2.45) is 7.05 Å². The molecule has 24 heavy (non-hydrogen) atoms. The van der Waals surface area contributed by atoms with E-state index in [9.17, 15) is 4.79 Å². The van der Waals surface area contributed by atoms with Gasteiger partial charge in [-0.25, -0.2) is 14.6 Å². The summed E-state index contributed by atoms with van der Waals surface area (Å²) in [5, 5.41) is 13.9. The Bertz CT molecular complexity index is 876. The van der Waals surface area contributed by atoms with E-state index in [0.29, 0.717) is 29.7 Å². The molecule has 0 saturated heterocycles. The molecule has 0 saturated carbocycles. The van der Waals surface area contributed by atoms with Crippen molar-refractivity contribution >= 4 is 28.4 Å². The third-order valence-corrected chi connectivity index (χ3v) is 4.88. The fraction of sp³-hybridized carbons (Fsp3) is 0.438. The number of hydrogen-bond acceptors (Lipinski definition) is 6. The van der Waals surface area contributed by atoms with E-state index < -0.39 is 0 Å². The van der Waals surface area contributed by atoms with Crippen LogP contribution in [0.2, 0.25) is 0 Å². The van der Waals surface area contributed by atoms with Crippen molar-refractivity contribution in [2.75, 3.05) is 6.54 Å². The van der Waals surface area contributed by atoms with Gasteiger partial charge in [0.25, 0.3) is 5.91 Å². The first-order chi connectivity index (χ1) is 11.3. The number of fused-ring (bicyclic) bond motifs is 1. The minimum atomic E-state index is -0.165. The van der Waals surface area contributed by atoms with Gasteiger partial charge in [-0.2, -0.15) is 0 Å². The number of hydrogen-bond donors (Lipinski definition) is 1. The van der Waals surface area contributed by atoms with Gasteiger partial charge in [-0.1, -0.05) is 26.0 Å². The molecular weight excluding hydrogens is 324 g/mol. The smallest absolute Gasteiger partial charge is 0.252 e. The Morgan fingerprint density at radius 3 is 2.88 bits per heavy atom. The molecule has 3 aromatic heterocycles. The molecule has 0 fully saturated rings. The van der Waals surface area contributed by atoms with Crippen molar-refractivity contribution in [3.05, 3.63) is 33.9 Å². The second kappa shape index (κ2) is 6.27. The number of thiazole rings is 1. The van der Waals surface area contributed by atoms with Crippen LogP contribution in [0.15, 0.2) is 17.6 Å². The number of rotatable bonds is 4. The van der Waals surface area contributed by atoms with Gasteiger partial charge in [-0.05, 0) is 6.07 Å². The number of carbonyl (C=O) groups excluding carboxylic acids is 1. The van der Waals surface area contributed by atoms with Gasteiger partial charge in [0, 0.05) is 37.0 Å². The first-order valence-electron chi connectivity index (χ1n) is 7.73. The minimum Gasteiger partial charge on any atom is -0.352 e. The minimum absolute atomic E-state index is 0.0595. The molecule has 3 aromatic rings. The van der Waals surface area contributed by atoms with Crippen LogP contribution in [0.4, 0.5) is 0 Å². The van der Waals surface area contributed by atoms with Crippen LogP contribution < -0.4 is 5.32 Å². The van der Waals surface area contributed by atoms with Crippen LogP contribution in [0.5, 0.6) is 0 Å². The summed E-state index contributed by atoms with van der Waals surface area (Å²) in [6.07, 6.45) is 2.25. The Morgan fingerprint density at radius 2 is 2.17 bits per heavy atom. The van der Waals surface area contributed by atoms with Gasteiger partial charge in [0.05, 0.1) is 16.3 Å². The monoisotopic (exact) mass is 344 g/mol. The summed E-state index contributed by atoms with van der Waals surface area (Å²) in [5.74, 6) is -0.165. The summed E-state index contributed by atoms with van der Waals surface area (Å²) in [7, 11) is 1.77. The van der Waals surface area contributed by atoms with Crippen LogP contribution in [0.3, 0.4) is 0 Å². The van der Waals surface area contributed by atoms with E-state index in [1.165, 1.54) is 0 Å². The Morgan fingerprint density at radius 1 is 1.38 bits per heavy atom. The predicted octanol–water partition coefficient (Wildman–Crippen LogP) is 2.09. The largest absolute Gasteiger partial charge is 0.352 e. The van der Waals surface area contributed by atoms with Crippen LogP contribution in [-0.2, 0) is 18.9 Å². The lowest BCUT2D eigenvalue weighted by molar-refractivity contribution is 0.0954. The highest BCUT2D eigenvalue weighted by molar-refractivity contribution is 7.09. The fourth-order valence-corrected chi connectivity index (χ4v) is 3.16. The number of nitrogens with zero attached hydrogens (tertiary/aromatic N) is 5. The maximum Gasteiger partial charge on any atom is 0.252 e. The predicted molar refractivity (Wildman–Crippen MR) is 93.2 cm³/mol. The molecule has 3 rings (SSSR count). The highest BCUT2D eigenvalue weighted by Gasteiger charge is 2.18. The Balaban J connectivity index is 1.59. The molecule has 1 amide bonds. The first-order valence-corrected chi connectivity index (χ1v) is 8.61. The number of nitrogens with one attached hydrogen (secondary N) is 1. The third-order valence-electron chi connectivity index (χ3n) is 3.56. The van der Waals surface area contributed by atoms with Crippen LogP contribution >= 0.6 is 11.3 Å². The van der Waals surface area contributed by atoms with Crippen molar-refractivity contribution in [1.29, 1.82) is 0 Å². The Kier molecular flexibility index (Phi) is 4.31. The summed E-state index contributed by atoms with van der Waals surface area (Å²) >= 11 is 1.66. The third kappa shape index (κ3) is 3.43. The molecule has 0 radical (unpaired) electrons. The van der Waals surface area contributed by atoms with Gasteiger partial charge in [-0.15, -0.1) is 16.4 Å². The van der Waals surface area contributed by atoms with Gasteiger partial charge in [-0.3, -0.25) is 4.79 Å². The van der Waals surface area contributed by atoms with Crippen molar-refractivity contribution < 1.29 is 4.79 Å². The lowest BCUT2D eigenvalue weighted by Gasteiger charge is -2.13. The van der Waals surface area contributed by atoms with Crippen molar-refractivity contribution in [1.82, 2.24) is 30.3 Å². The second-order valence-electron chi connectivity index (χ2n) is 6.68. The molecule has 0 aliphatic carbocycles. The zero-order valence-corrected chi connectivity index (χ0v) is 15.0. The SMILES string of the molecule is Cn1nnc2cc(C(=O)NCCc3csc(C(C)(C)C)n3)cnc21. The van der Waals surface area contributed by atoms with Crippen molar-refractivity contribution in [3.8, 4) is 0 Å². The van der Waals surface area contributed by atoms with Gasteiger partial charge in [0.15, 0.2) is 5.65 Å². The Labute approximate surface area is 144 Å². The lowest BCUT2D eigenvalue weighted by Crippen LogP contribution is -2.26. The molecule has 3 heterocycles. The number of pyridine rings is 1. The Hall–Kier alpha value is -2.35.